The largest absolute Gasteiger partial charge is 0.388 e. The molecule has 0 aromatic carbocycles. The molecule has 1 atom stereocenters. The first-order chi connectivity index (χ1) is 8.66. The van der Waals surface area contributed by atoms with E-state index in [0.29, 0.717) is 22.2 Å². The molecule has 0 aliphatic carbocycles. The van der Waals surface area contributed by atoms with Crippen LogP contribution in [0.2, 0.25) is 4.34 Å². The van der Waals surface area contributed by atoms with E-state index in [0.717, 1.165) is 5.56 Å². The highest BCUT2D eigenvalue weighted by atomic mass is 35.5. The standard InChI is InChI=1S/C12H12ClNO2S2/c13-11-2-1-10(18-11)12(16)14-5-3-9(15)8-4-6-17-7-8/h1-2,4,6-7,9,15H,3,5H2,(H,14,16)/t9-/m0/s1. The quantitative estimate of drug-likeness (QED) is 0.890. The van der Waals surface area contributed by atoms with E-state index in [1.165, 1.54) is 11.3 Å². The van der Waals surface area contributed by atoms with Gasteiger partial charge in [0.15, 0.2) is 0 Å². The molecule has 2 N–H and O–H groups in total. The summed E-state index contributed by atoms with van der Waals surface area (Å²) in [7, 11) is 0. The van der Waals surface area contributed by atoms with Gasteiger partial charge in [-0.2, -0.15) is 11.3 Å². The molecular formula is C12H12ClNO2S2. The fraction of sp³-hybridized carbons (Fsp3) is 0.250. The van der Waals surface area contributed by atoms with Gasteiger partial charge < -0.3 is 10.4 Å². The molecule has 2 heterocycles. The first-order valence-electron chi connectivity index (χ1n) is 5.40. The fourth-order valence-electron chi connectivity index (χ4n) is 1.48. The van der Waals surface area contributed by atoms with Gasteiger partial charge in [-0.15, -0.1) is 11.3 Å². The Bertz CT molecular complexity index is 510. The second-order valence-corrected chi connectivity index (χ2v) is 6.22. The Kier molecular flexibility index (Phi) is 4.77. The highest BCUT2D eigenvalue weighted by molar-refractivity contribution is 7.18. The molecule has 3 nitrogen and oxygen atoms in total. The van der Waals surface area contributed by atoms with E-state index in [9.17, 15) is 9.90 Å². The van der Waals surface area contributed by atoms with Crippen molar-refractivity contribution in [2.75, 3.05) is 6.54 Å². The van der Waals surface area contributed by atoms with Gasteiger partial charge in [-0.25, -0.2) is 0 Å². The molecule has 0 saturated carbocycles. The zero-order valence-electron chi connectivity index (χ0n) is 9.43. The summed E-state index contributed by atoms with van der Waals surface area (Å²) in [5.74, 6) is -0.149. The molecule has 18 heavy (non-hydrogen) atoms. The first-order valence-corrected chi connectivity index (χ1v) is 7.54. The third kappa shape index (κ3) is 3.55. The van der Waals surface area contributed by atoms with Crippen molar-refractivity contribution in [1.82, 2.24) is 5.32 Å². The number of nitrogens with one attached hydrogen (secondary N) is 1. The summed E-state index contributed by atoms with van der Waals surface area (Å²) in [5, 5.41) is 16.4. The number of hydrogen-bond donors (Lipinski definition) is 2. The number of aliphatic hydroxyl groups excluding tert-OH is 1. The molecule has 2 aromatic rings. The van der Waals surface area contributed by atoms with Crippen LogP contribution in [-0.4, -0.2) is 17.6 Å². The number of carbonyl (C=O) groups excluding carboxylic acids is 1. The van der Waals surface area contributed by atoms with Crippen molar-refractivity contribution in [1.29, 1.82) is 0 Å². The van der Waals surface area contributed by atoms with E-state index in [1.807, 2.05) is 16.8 Å². The topological polar surface area (TPSA) is 49.3 Å². The van der Waals surface area contributed by atoms with Gasteiger partial charge in [-0.3, -0.25) is 4.79 Å². The van der Waals surface area contributed by atoms with E-state index in [2.05, 4.69) is 5.32 Å². The minimum Gasteiger partial charge on any atom is -0.388 e. The molecule has 2 rings (SSSR count). The molecule has 96 valence electrons. The molecule has 0 saturated heterocycles. The number of amides is 1. The van der Waals surface area contributed by atoms with Crippen LogP contribution >= 0.6 is 34.3 Å². The van der Waals surface area contributed by atoms with Crippen LogP contribution in [0.4, 0.5) is 0 Å². The lowest BCUT2D eigenvalue weighted by molar-refractivity contribution is 0.0947. The maximum atomic E-state index is 11.7. The average molecular weight is 302 g/mol. The second kappa shape index (κ2) is 6.33. The van der Waals surface area contributed by atoms with Crippen LogP contribution < -0.4 is 5.32 Å². The van der Waals surface area contributed by atoms with Gasteiger partial charge in [-0.1, -0.05) is 11.6 Å². The zero-order valence-corrected chi connectivity index (χ0v) is 11.8. The Labute approximate surface area is 118 Å². The Hall–Kier alpha value is -0.880. The molecule has 0 unspecified atom stereocenters. The van der Waals surface area contributed by atoms with Crippen LogP contribution in [0.1, 0.15) is 27.8 Å². The van der Waals surface area contributed by atoms with Gasteiger partial charge in [-0.05, 0) is 40.9 Å². The van der Waals surface area contributed by atoms with Crippen LogP contribution in [0.15, 0.2) is 29.0 Å². The Morgan fingerprint density at radius 1 is 1.44 bits per heavy atom. The van der Waals surface area contributed by atoms with Crippen LogP contribution in [0.5, 0.6) is 0 Å². The number of thiophene rings is 2. The number of aliphatic hydroxyl groups is 1. The Morgan fingerprint density at radius 3 is 2.89 bits per heavy atom. The van der Waals surface area contributed by atoms with Gasteiger partial charge in [0.25, 0.3) is 5.91 Å². The number of hydrogen-bond acceptors (Lipinski definition) is 4. The van der Waals surface area contributed by atoms with Gasteiger partial charge in [0.2, 0.25) is 0 Å². The van der Waals surface area contributed by atoms with E-state index >= 15 is 0 Å². The lowest BCUT2D eigenvalue weighted by Crippen LogP contribution is -2.24. The van der Waals surface area contributed by atoms with E-state index in [1.54, 1.807) is 23.5 Å². The van der Waals surface area contributed by atoms with Crippen LogP contribution in [0.3, 0.4) is 0 Å². The van der Waals surface area contributed by atoms with Crippen molar-refractivity contribution in [3.05, 3.63) is 43.7 Å². The van der Waals surface area contributed by atoms with Crippen molar-refractivity contribution in [3.63, 3.8) is 0 Å². The Balaban J connectivity index is 1.77. The monoisotopic (exact) mass is 301 g/mol. The van der Waals surface area contributed by atoms with Crippen molar-refractivity contribution >= 4 is 40.2 Å². The van der Waals surface area contributed by atoms with E-state index in [-0.39, 0.29) is 5.91 Å². The number of carbonyl (C=O) groups is 1. The maximum absolute atomic E-state index is 11.7. The zero-order chi connectivity index (χ0) is 13.0. The summed E-state index contributed by atoms with van der Waals surface area (Å²) < 4.78 is 0.596. The van der Waals surface area contributed by atoms with Crippen molar-refractivity contribution in [2.45, 2.75) is 12.5 Å². The van der Waals surface area contributed by atoms with Gasteiger partial charge in [0, 0.05) is 6.54 Å². The molecule has 0 spiro atoms. The molecule has 0 aliphatic heterocycles. The minimum absolute atomic E-state index is 0.149. The SMILES string of the molecule is O=C(NCC[C@H](O)c1ccsc1)c1ccc(Cl)s1. The lowest BCUT2D eigenvalue weighted by atomic mass is 10.1. The third-order valence-corrected chi connectivity index (χ3v) is 4.36. The number of halogens is 1. The minimum atomic E-state index is -0.525. The van der Waals surface area contributed by atoms with Gasteiger partial charge in [0.1, 0.15) is 0 Å². The first kappa shape index (κ1) is 13.5. The predicted octanol–water partition coefficient (Wildman–Crippen LogP) is 3.32. The molecule has 0 aliphatic rings. The van der Waals surface area contributed by atoms with Gasteiger partial charge in [0.05, 0.1) is 15.3 Å². The molecule has 0 fully saturated rings. The summed E-state index contributed by atoms with van der Waals surface area (Å²) in [6.07, 6.45) is -0.0230. The molecular weight excluding hydrogens is 290 g/mol. The Morgan fingerprint density at radius 2 is 2.28 bits per heavy atom. The van der Waals surface area contributed by atoms with Gasteiger partial charge >= 0.3 is 0 Å². The van der Waals surface area contributed by atoms with Crippen LogP contribution in [-0.2, 0) is 0 Å². The van der Waals surface area contributed by atoms with Crippen molar-refractivity contribution in [2.24, 2.45) is 0 Å². The maximum Gasteiger partial charge on any atom is 0.261 e. The number of rotatable bonds is 5. The van der Waals surface area contributed by atoms with Crippen molar-refractivity contribution < 1.29 is 9.90 Å². The predicted molar refractivity (Wildman–Crippen MR) is 75.6 cm³/mol. The highest BCUT2D eigenvalue weighted by Gasteiger charge is 2.10. The molecule has 6 heteroatoms. The molecule has 1 amide bonds. The normalized spacial score (nSPS) is 12.3. The summed E-state index contributed by atoms with van der Waals surface area (Å²) in [4.78, 5) is 12.3. The summed E-state index contributed by atoms with van der Waals surface area (Å²) >= 11 is 8.55. The molecule has 0 bridgehead atoms. The highest BCUT2D eigenvalue weighted by Crippen LogP contribution is 2.21. The third-order valence-electron chi connectivity index (χ3n) is 2.43. The molecule has 2 aromatic heterocycles. The van der Waals surface area contributed by atoms with Crippen LogP contribution in [0.25, 0.3) is 0 Å². The summed E-state index contributed by atoms with van der Waals surface area (Å²) in [6, 6.07) is 5.27. The van der Waals surface area contributed by atoms with Crippen LogP contribution in [0, 0.1) is 0 Å². The van der Waals surface area contributed by atoms with Crippen molar-refractivity contribution in [3.8, 4) is 0 Å². The lowest BCUT2D eigenvalue weighted by Gasteiger charge is -2.09. The fourth-order valence-corrected chi connectivity index (χ4v) is 3.14. The average Bonchev–Trinajstić information content (AvgIpc) is 2.99. The summed E-state index contributed by atoms with van der Waals surface area (Å²) in [5.41, 5.74) is 0.897. The molecule has 0 radical (unpaired) electrons. The smallest absolute Gasteiger partial charge is 0.261 e. The second-order valence-electron chi connectivity index (χ2n) is 3.72. The summed E-state index contributed by atoms with van der Waals surface area (Å²) in [6.45, 7) is 0.436. The van der Waals surface area contributed by atoms with E-state index in [4.69, 9.17) is 11.6 Å². The van der Waals surface area contributed by atoms with E-state index < -0.39 is 6.10 Å².